The van der Waals surface area contributed by atoms with Crippen LogP contribution in [0.2, 0.25) is 0 Å². The lowest BCUT2D eigenvalue weighted by molar-refractivity contribution is -0.167. The Morgan fingerprint density at radius 3 is 0.917 bits per heavy atom. The number of carbonyl (C=O) groups excluding carboxylic acids is 3. The Balaban J connectivity index is 4.21. The van der Waals surface area contributed by atoms with Crippen LogP contribution in [-0.4, -0.2) is 37.2 Å². The van der Waals surface area contributed by atoms with E-state index in [0.29, 0.717) is 19.3 Å². The molecule has 0 rings (SSSR count). The van der Waals surface area contributed by atoms with E-state index < -0.39 is 6.10 Å². The standard InChI is InChI=1S/C54H100O6/c1-4-7-10-13-16-19-21-23-24-25-26-27-28-29-30-32-33-35-38-41-44-47-53(56)59-50-51(49-58-52(55)46-43-40-37-18-15-12-9-6-3)60-54(57)48-45-42-39-36-34-31-22-20-17-14-11-8-5-2/h21,23,25-26,51H,4-20,22,24,27-50H2,1-3H3/b23-21-,26-25-. The molecule has 0 amide bonds. The molecule has 0 bridgehead atoms. The molecule has 0 spiro atoms. The van der Waals surface area contributed by atoms with Crippen molar-refractivity contribution in [2.75, 3.05) is 13.2 Å². The first-order valence-corrected chi connectivity index (χ1v) is 26.3. The Hall–Kier alpha value is -2.11. The maximum atomic E-state index is 12.7. The van der Waals surface area contributed by atoms with Gasteiger partial charge in [0, 0.05) is 19.3 Å². The van der Waals surface area contributed by atoms with Gasteiger partial charge in [-0.1, -0.05) is 238 Å². The molecule has 0 aromatic heterocycles. The molecule has 6 nitrogen and oxygen atoms in total. The molecule has 0 saturated heterocycles. The van der Waals surface area contributed by atoms with Gasteiger partial charge < -0.3 is 14.2 Å². The third-order valence-electron chi connectivity index (χ3n) is 11.7. The van der Waals surface area contributed by atoms with Crippen LogP contribution >= 0.6 is 0 Å². The number of hydrogen-bond donors (Lipinski definition) is 0. The van der Waals surface area contributed by atoms with E-state index >= 15 is 0 Å². The fourth-order valence-electron chi connectivity index (χ4n) is 7.71. The number of rotatable bonds is 48. The highest BCUT2D eigenvalue weighted by molar-refractivity contribution is 5.71. The molecule has 0 aromatic rings. The molecule has 0 radical (unpaired) electrons. The third kappa shape index (κ3) is 46.9. The fourth-order valence-corrected chi connectivity index (χ4v) is 7.71. The maximum absolute atomic E-state index is 12.7. The van der Waals surface area contributed by atoms with E-state index in [-0.39, 0.29) is 31.1 Å². The minimum Gasteiger partial charge on any atom is -0.462 e. The average Bonchev–Trinajstić information content (AvgIpc) is 3.24. The van der Waals surface area contributed by atoms with Gasteiger partial charge in [0.05, 0.1) is 0 Å². The SMILES string of the molecule is CCCCCCC/C=C\C/C=C\CCCCCCCCCCCC(=O)OCC(COC(=O)CCCCCCCCCC)OC(=O)CCCCCCCCCCCCCCC. The van der Waals surface area contributed by atoms with Crippen LogP contribution in [-0.2, 0) is 28.6 Å². The first-order valence-electron chi connectivity index (χ1n) is 26.3. The zero-order valence-electron chi connectivity index (χ0n) is 40.2. The van der Waals surface area contributed by atoms with Crippen molar-refractivity contribution in [3.63, 3.8) is 0 Å². The lowest BCUT2D eigenvalue weighted by atomic mass is 10.0. The summed E-state index contributed by atoms with van der Waals surface area (Å²) in [6, 6.07) is 0. The molecule has 0 aromatic carbocycles. The molecule has 352 valence electrons. The summed E-state index contributed by atoms with van der Waals surface area (Å²) in [6.45, 7) is 6.62. The van der Waals surface area contributed by atoms with Gasteiger partial charge in [0.1, 0.15) is 13.2 Å². The van der Waals surface area contributed by atoms with E-state index in [2.05, 4.69) is 45.1 Å². The van der Waals surface area contributed by atoms with Crippen LogP contribution < -0.4 is 0 Å². The second-order valence-electron chi connectivity index (χ2n) is 17.8. The molecule has 0 aliphatic heterocycles. The van der Waals surface area contributed by atoms with Crippen molar-refractivity contribution in [2.45, 2.75) is 290 Å². The van der Waals surface area contributed by atoms with Gasteiger partial charge in [-0.05, 0) is 51.4 Å². The van der Waals surface area contributed by atoms with E-state index in [1.807, 2.05) is 0 Å². The van der Waals surface area contributed by atoms with Gasteiger partial charge >= 0.3 is 17.9 Å². The monoisotopic (exact) mass is 845 g/mol. The topological polar surface area (TPSA) is 78.9 Å². The van der Waals surface area contributed by atoms with Gasteiger partial charge in [0.15, 0.2) is 6.10 Å². The highest BCUT2D eigenvalue weighted by Gasteiger charge is 2.19. The lowest BCUT2D eigenvalue weighted by Gasteiger charge is -2.18. The van der Waals surface area contributed by atoms with Crippen LogP contribution in [0.25, 0.3) is 0 Å². The minimum absolute atomic E-state index is 0.0683. The normalized spacial score (nSPS) is 12.1. The van der Waals surface area contributed by atoms with Gasteiger partial charge in [-0.2, -0.15) is 0 Å². The minimum atomic E-state index is -0.765. The van der Waals surface area contributed by atoms with Gasteiger partial charge in [0.2, 0.25) is 0 Å². The second-order valence-corrected chi connectivity index (χ2v) is 17.8. The average molecular weight is 845 g/mol. The number of unbranched alkanes of at least 4 members (excludes halogenated alkanes) is 33. The van der Waals surface area contributed by atoms with E-state index in [9.17, 15) is 14.4 Å². The summed E-state index contributed by atoms with van der Waals surface area (Å²) in [5.74, 6) is -0.864. The van der Waals surface area contributed by atoms with E-state index in [1.165, 1.54) is 180 Å². The molecule has 0 saturated carbocycles. The molecule has 1 atom stereocenters. The number of allylic oxidation sites excluding steroid dienone is 4. The number of hydrogen-bond acceptors (Lipinski definition) is 6. The first-order chi connectivity index (χ1) is 29.5. The summed E-state index contributed by atoms with van der Waals surface area (Å²) in [7, 11) is 0. The largest absolute Gasteiger partial charge is 0.462 e. The number of carbonyl (C=O) groups is 3. The number of esters is 3. The van der Waals surface area contributed by atoms with Crippen LogP contribution in [0.15, 0.2) is 24.3 Å². The third-order valence-corrected chi connectivity index (χ3v) is 11.7. The molecule has 1 unspecified atom stereocenters. The van der Waals surface area contributed by atoms with Crippen molar-refractivity contribution in [1.29, 1.82) is 0 Å². The maximum Gasteiger partial charge on any atom is 0.306 e. The van der Waals surface area contributed by atoms with Crippen LogP contribution in [0, 0.1) is 0 Å². The molecule has 0 fully saturated rings. The molecule has 0 N–H and O–H groups in total. The molecule has 0 aliphatic carbocycles. The smallest absolute Gasteiger partial charge is 0.306 e. The second kappa shape index (κ2) is 49.5. The van der Waals surface area contributed by atoms with Crippen molar-refractivity contribution in [2.24, 2.45) is 0 Å². The summed E-state index contributed by atoms with van der Waals surface area (Å²) in [5, 5.41) is 0. The van der Waals surface area contributed by atoms with Crippen LogP contribution in [0.5, 0.6) is 0 Å². The van der Waals surface area contributed by atoms with Crippen molar-refractivity contribution < 1.29 is 28.6 Å². The summed E-state index contributed by atoms with van der Waals surface area (Å²) in [4.78, 5) is 37.8. The summed E-state index contributed by atoms with van der Waals surface area (Å²) >= 11 is 0. The highest BCUT2D eigenvalue weighted by Crippen LogP contribution is 2.16. The zero-order chi connectivity index (χ0) is 43.7. The van der Waals surface area contributed by atoms with Crippen molar-refractivity contribution in [1.82, 2.24) is 0 Å². The van der Waals surface area contributed by atoms with E-state index in [0.717, 1.165) is 64.2 Å². The fraction of sp³-hybridized carbons (Fsp3) is 0.870. The van der Waals surface area contributed by atoms with E-state index in [4.69, 9.17) is 14.2 Å². The zero-order valence-corrected chi connectivity index (χ0v) is 40.2. The Bertz CT molecular complexity index is 973. The Labute approximate surface area is 373 Å². The predicted molar refractivity (Wildman–Crippen MR) is 256 cm³/mol. The van der Waals surface area contributed by atoms with Gasteiger partial charge in [0.25, 0.3) is 0 Å². The number of ether oxygens (including phenoxy) is 3. The van der Waals surface area contributed by atoms with Gasteiger partial charge in [-0.3, -0.25) is 14.4 Å². The first kappa shape index (κ1) is 57.9. The lowest BCUT2D eigenvalue weighted by Crippen LogP contribution is -2.30. The molecular formula is C54H100O6. The molecule has 60 heavy (non-hydrogen) atoms. The van der Waals surface area contributed by atoms with E-state index in [1.54, 1.807) is 0 Å². The van der Waals surface area contributed by atoms with Crippen LogP contribution in [0.4, 0.5) is 0 Å². The predicted octanol–water partition coefficient (Wildman–Crippen LogP) is 17.2. The Kier molecular flexibility index (Phi) is 47.8. The molecule has 0 heterocycles. The molecule has 0 aliphatic rings. The Morgan fingerprint density at radius 2 is 0.600 bits per heavy atom. The summed E-state index contributed by atoms with van der Waals surface area (Å²) in [6.07, 6.45) is 56.0. The highest BCUT2D eigenvalue weighted by atomic mass is 16.6. The van der Waals surface area contributed by atoms with Crippen molar-refractivity contribution in [3.05, 3.63) is 24.3 Å². The van der Waals surface area contributed by atoms with Gasteiger partial charge in [-0.15, -0.1) is 0 Å². The quantitative estimate of drug-likeness (QED) is 0.0263. The Morgan fingerprint density at radius 1 is 0.333 bits per heavy atom. The van der Waals surface area contributed by atoms with Crippen LogP contribution in [0.3, 0.4) is 0 Å². The van der Waals surface area contributed by atoms with Crippen molar-refractivity contribution >= 4 is 17.9 Å². The summed E-state index contributed by atoms with van der Waals surface area (Å²) < 4.78 is 16.8. The molecular weight excluding hydrogens is 745 g/mol. The van der Waals surface area contributed by atoms with Crippen molar-refractivity contribution in [3.8, 4) is 0 Å². The van der Waals surface area contributed by atoms with Crippen LogP contribution in [0.1, 0.15) is 284 Å². The molecule has 6 heteroatoms. The van der Waals surface area contributed by atoms with Gasteiger partial charge in [-0.25, -0.2) is 0 Å². The summed E-state index contributed by atoms with van der Waals surface area (Å²) in [5.41, 5.74) is 0.